The van der Waals surface area contributed by atoms with Gasteiger partial charge in [0.1, 0.15) is 0 Å². The highest BCUT2D eigenvalue weighted by molar-refractivity contribution is 5.67. The Hall–Kier alpha value is -1.81. The van der Waals surface area contributed by atoms with Crippen LogP contribution in [0.3, 0.4) is 0 Å². The van der Waals surface area contributed by atoms with Crippen molar-refractivity contribution >= 4 is 0 Å². The Morgan fingerprint density at radius 1 is 1.00 bits per heavy atom. The van der Waals surface area contributed by atoms with E-state index in [0.29, 0.717) is 6.42 Å². The monoisotopic (exact) mass is 279 g/mol. The molecule has 20 heavy (non-hydrogen) atoms. The molecule has 0 aliphatic carbocycles. The number of benzene rings is 2. The molecular formula is C16H16F3N. The van der Waals surface area contributed by atoms with Crippen LogP contribution in [0.15, 0.2) is 48.5 Å². The lowest BCUT2D eigenvalue weighted by atomic mass is 9.95. The minimum absolute atomic E-state index is 0.00518. The third-order valence-corrected chi connectivity index (χ3v) is 3.08. The maximum atomic E-state index is 12.6. The second-order valence-corrected chi connectivity index (χ2v) is 4.91. The quantitative estimate of drug-likeness (QED) is 0.892. The predicted molar refractivity (Wildman–Crippen MR) is 74.2 cm³/mol. The topological polar surface area (TPSA) is 26.0 Å². The molecule has 0 fully saturated rings. The highest BCUT2D eigenvalue weighted by Gasteiger charge is 2.30. The first kappa shape index (κ1) is 14.6. The smallest absolute Gasteiger partial charge is 0.328 e. The van der Waals surface area contributed by atoms with Gasteiger partial charge in [-0.3, -0.25) is 0 Å². The van der Waals surface area contributed by atoms with Crippen LogP contribution in [0.1, 0.15) is 18.1 Å². The highest BCUT2D eigenvalue weighted by atomic mass is 19.4. The fraction of sp³-hybridized carbons (Fsp3) is 0.250. The average Bonchev–Trinajstić information content (AvgIpc) is 2.38. The Bertz CT molecular complexity index is 571. The van der Waals surface area contributed by atoms with Crippen LogP contribution in [0.4, 0.5) is 13.2 Å². The van der Waals surface area contributed by atoms with E-state index in [1.165, 1.54) is 12.1 Å². The Morgan fingerprint density at radius 2 is 1.60 bits per heavy atom. The first-order chi connectivity index (χ1) is 9.38. The molecule has 4 heteroatoms. The van der Waals surface area contributed by atoms with E-state index < -0.39 is 11.7 Å². The molecule has 106 valence electrons. The second-order valence-electron chi connectivity index (χ2n) is 4.91. The van der Waals surface area contributed by atoms with Crippen molar-refractivity contribution in [1.29, 1.82) is 0 Å². The maximum Gasteiger partial charge on any atom is 0.416 e. The third kappa shape index (κ3) is 3.39. The van der Waals surface area contributed by atoms with Gasteiger partial charge in [-0.2, -0.15) is 13.2 Å². The zero-order valence-electron chi connectivity index (χ0n) is 11.1. The van der Waals surface area contributed by atoms with Crippen molar-refractivity contribution in [3.05, 3.63) is 59.7 Å². The van der Waals surface area contributed by atoms with Crippen LogP contribution in [-0.2, 0) is 12.6 Å². The number of halogens is 3. The number of rotatable bonds is 3. The Morgan fingerprint density at radius 3 is 2.15 bits per heavy atom. The van der Waals surface area contributed by atoms with Gasteiger partial charge in [0.25, 0.3) is 0 Å². The van der Waals surface area contributed by atoms with Gasteiger partial charge in [0, 0.05) is 6.04 Å². The lowest BCUT2D eigenvalue weighted by Crippen LogP contribution is -2.18. The molecule has 0 spiro atoms. The van der Waals surface area contributed by atoms with Crippen LogP contribution in [0.5, 0.6) is 0 Å². The van der Waals surface area contributed by atoms with Gasteiger partial charge in [0.2, 0.25) is 0 Å². The second kappa shape index (κ2) is 5.67. The van der Waals surface area contributed by atoms with Crippen LogP contribution in [0.2, 0.25) is 0 Å². The number of hydrogen-bond acceptors (Lipinski definition) is 1. The van der Waals surface area contributed by atoms with E-state index in [4.69, 9.17) is 5.73 Å². The van der Waals surface area contributed by atoms with Gasteiger partial charge in [0.05, 0.1) is 5.56 Å². The molecule has 0 bridgehead atoms. The summed E-state index contributed by atoms with van der Waals surface area (Å²) in [5.74, 6) is 0. The molecule has 2 aromatic carbocycles. The summed E-state index contributed by atoms with van der Waals surface area (Å²) >= 11 is 0. The summed E-state index contributed by atoms with van der Waals surface area (Å²) in [7, 11) is 0. The van der Waals surface area contributed by atoms with Crippen LogP contribution in [0.25, 0.3) is 11.1 Å². The lowest BCUT2D eigenvalue weighted by molar-refractivity contribution is -0.137. The third-order valence-electron chi connectivity index (χ3n) is 3.08. The summed E-state index contributed by atoms with van der Waals surface area (Å²) in [6.45, 7) is 1.91. The molecule has 2 N–H and O–H groups in total. The van der Waals surface area contributed by atoms with Crippen molar-refractivity contribution in [1.82, 2.24) is 0 Å². The van der Waals surface area contributed by atoms with Crippen LogP contribution in [-0.4, -0.2) is 6.04 Å². The van der Waals surface area contributed by atoms with Crippen LogP contribution >= 0.6 is 0 Å². The van der Waals surface area contributed by atoms with Crippen molar-refractivity contribution in [2.45, 2.75) is 25.6 Å². The van der Waals surface area contributed by atoms with Gasteiger partial charge >= 0.3 is 6.18 Å². The van der Waals surface area contributed by atoms with Gasteiger partial charge in [0.15, 0.2) is 0 Å². The van der Waals surface area contributed by atoms with E-state index >= 15 is 0 Å². The molecule has 0 aromatic heterocycles. The molecule has 0 saturated heterocycles. The summed E-state index contributed by atoms with van der Waals surface area (Å²) in [6.07, 6.45) is -3.61. The number of hydrogen-bond donors (Lipinski definition) is 1. The molecule has 0 saturated carbocycles. The zero-order chi connectivity index (χ0) is 14.8. The first-order valence-corrected chi connectivity index (χ1v) is 6.39. The van der Waals surface area contributed by atoms with Gasteiger partial charge < -0.3 is 5.73 Å². The molecule has 1 nitrogen and oxygen atoms in total. The summed E-state index contributed by atoms with van der Waals surface area (Å²) in [4.78, 5) is 0. The molecule has 2 aromatic rings. The fourth-order valence-electron chi connectivity index (χ4n) is 2.17. The number of nitrogens with two attached hydrogens (primary N) is 1. The van der Waals surface area contributed by atoms with E-state index in [0.717, 1.165) is 28.8 Å². The lowest BCUT2D eigenvalue weighted by Gasteiger charge is -2.13. The van der Waals surface area contributed by atoms with E-state index in [2.05, 4.69) is 0 Å². The zero-order valence-corrected chi connectivity index (χ0v) is 11.1. The molecule has 2 rings (SSSR count). The molecule has 0 unspecified atom stereocenters. The fourth-order valence-corrected chi connectivity index (χ4v) is 2.17. The molecule has 0 aliphatic rings. The summed E-state index contributed by atoms with van der Waals surface area (Å²) in [6, 6.07) is 12.9. The summed E-state index contributed by atoms with van der Waals surface area (Å²) in [5.41, 5.74) is 7.92. The van der Waals surface area contributed by atoms with Crippen LogP contribution < -0.4 is 5.73 Å². The minimum Gasteiger partial charge on any atom is -0.328 e. The summed E-state index contributed by atoms with van der Waals surface area (Å²) < 4.78 is 37.7. The van der Waals surface area contributed by atoms with E-state index in [1.807, 2.05) is 31.2 Å². The van der Waals surface area contributed by atoms with Crippen molar-refractivity contribution in [3.8, 4) is 11.1 Å². The highest BCUT2D eigenvalue weighted by Crippen LogP contribution is 2.32. The molecule has 0 radical (unpaired) electrons. The normalized spacial score (nSPS) is 13.2. The molecule has 0 heterocycles. The SMILES string of the molecule is C[C@@H](N)Cc1ccccc1-c1ccc(C(F)(F)F)cc1. The van der Waals surface area contributed by atoms with Gasteiger partial charge in [-0.25, -0.2) is 0 Å². The van der Waals surface area contributed by atoms with Crippen molar-refractivity contribution in [3.63, 3.8) is 0 Å². The largest absolute Gasteiger partial charge is 0.416 e. The van der Waals surface area contributed by atoms with Gasteiger partial charge in [-0.1, -0.05) is 36.4 Å². The minimum atomic E-state index is -4.30. The Balaban J connectivity index is 2.37. The Labute approximate surface area is 116 Å². The Kier molecular flexibility index (Phi) is 4.14. The molecular weight excluding hydrogens is 263 g/mol. The molecule has 0 aliphatic heterocycles. The van der Waals surface area contributed by atoms with Crippen molar-refractivity contribution in [2.24, 2.45) is 5.73 Å². The number of alkyl halides is 3. The van der Waals surface area contributed by atoms with Crippen molar-refractivity contribution in [2.75, 3.05) is 0 Å². The van der Waals surface area contributed by atoms with Crippen LogP contribution in [0, 0.1) is 0 Å². The maximum absolute atomic E-state index is 12.6. The first-order valence-electron chi connectivity index (χ1n) is 6.39. The van der Waals surface area contributed by atoms with E-state index in [1.54, 1.807) is 0 Å². The average molecular weight is 279 g/mol. The van der Waals surface area contributed by atoms with E-state index in [9.17, 15) is 13.2 Å². The predicted octanol–water partition coefficient (Wildman–Crippen LogP) is 4.26. The summed E-state index contributed by atoms with van der Waals surface area (Å²) in [5, 5.41) is 0. The molecule has 1 atom stereocenters. The standard InChI is InChI=1S/C16H16F3N/c1-11(20)10-13-4-2-3-5-15(13)12-6-8-14(9-7-12)16(17,18)19/h2-9,11H,10,20H2,1H3/t11-/m1/s1. The van der Waals surface area contributed by atoms with Gasteiger partial charge in [-0.15, -0.1) is 0 Å². The van der Waals surface area contributed by atoms with E-state index in [-0.39, 0.29) is 6.04 Å². The molecule has 0 amide bonds. The van der Waals surface area contributed by atoms with Crippen molar-refractivity contribution < 1.29 is 13.2 Å². The van der Waals surface area contributed by atoms with Gasteiger partial charge in [-0.05, 0) is 42.2 Å².